The average molecular weight is 381 g/mol. The molecule has 0 saturated carbocycles. The second-order valence-corrected chi connectivity index (χ2v) is 6.31. The van der Waals surface area contributed by atoms with Crippen molar-refractivity contribution in [1.82, 2.24) is 20.7 Å². The molecule has 2 aromatic carbocycles. The van der Waals surface area contributed by atoms with E-state index in [2.05, 4.69) is 26.0 Å². The summed E-state index contributed by atoms with van der Waals surface area (Å²) in [6.45, 7) is 4.35. The van der Waals surface area contributed by atoms with Gasteiger partial charge in [0.2, 0.25) is 0 Å². The van der Waals surface area contributed by atoms with Gasteiger partial charge in [0.25, 0.3) is 5.91 Å². The maximum Gasteiger partial charge on any atom is 0.275 e. The number of aromatic amines is 1. The molecule has 0 aliphatic carbocycles. The standard InChI is InChI=1S/C20H23N5O3/c1-12-5-7-15(9-13(12)2)22-19-18(23-25-24-19)20(26)21-11-14-6-8-16(27-3)10-17(14)28-4/h5-10H,11H2,1-4H3,(H,21,26)(H2,22,23,24,25). The fraction of sp³-hybridized carbons (Fsp3) is 0.250. The molecule has 8 nitrogen and oxygen atoms in total. The van der Waals surface area contributed by atoms with Gasteiger partial charge in [0, 0.05) is 23.9 Å². The molecule has 3 N–H and O–H groups in total. The number of rotatable bonds is 7. The van der Waals surface area contributed by atoms with Crippen LogP contribution in [0.2, 0.25) is 0 Å². The van der Waals surface area contributed by atoms with Gasteiger partial charge in [-0.25, -0.2) is 0 Å². The fourth-order valence-electron chi connectivity index (χ4n) is 2.69. The van der Waals surface area contributed by atoms with Gasteiger partial charge in [-0.3, -0.25) is 4.79 Å². The van der Waals surface area contributed by atoms with E-state index in [1.54, 1.807) is 20.3 Å². The number of ether oxygens (including phenoxy) is 2. The van der Waals surface area contributed by atoms with Gasteiger partial charge < -0.3 is 20.1 Å². The minimum absolute atomic E-state index is 0.186. The Morgan fingerprint density at radius 3 is 2.57 bits per heavy atom. The highest BCUT2D eigenvalue weighted by Gasteiger charge is 2.17. The highest BCUT2D eigenvalue weighted by Crippen LogP contribution is 2.25. The van der Waals surface area contributed by atoms with Crippen molar-refractivity contribution in [3.05, 3.63) is 58.8 Å². The molecule has 0 aliphatic heterocycles. The largest absolute Gasteiger partial charge is 0.497 e. The van der Waals surface area contributed by atoms with E-state index in [-0.39, 0.29) is 18.1 Å². The number of hydrogen-bond donors (Lipinski definition) is 3. The van der Waals surface area contributed by atoms with Crippen LogP contribution < -0.4 is 20.1 Å². The number of nitrogens with zero attached hydrogens (tertiary/aromatic N) is 2. The third kappa shape index (κ3) is 4.22. The number of aromatic nitrogens is 3. The molecule has 0 aliphatic rings. The summed E-state index contributed by atoms with van der Waals surface area (Å²) in [4.78, 5) is 12.6. The molecule has 1 heterocycles. The zero-order valence-electron chi connectivity index (χ0n) is 16.3. The van der Waals surface area contributed by atoms with Crippen LogP contribution in [0.15, 0.2) is 36.4 Å². The molecule has 28 heavy (non-hydrogen) atoms. The first-order valence-electron chi connectivity index (χ1n) is 8.76. The zero-order valence-corrected chi connectivity index (χ0v) is 16.3. The number of aryl methyl sites for hydroxylation is 2. The molecule has 0 atom stereocenters. The number of amides is 1. The monoisotopic (exact) mass is 381 g/mol. The van der Waals surface area contributed by atoms with Gasteiger partial charge in [-0.15, -0.1) is 10.2 Å². The molecule has 0 spiro atoms. The van der Waals surface area contributed by atoms with Gasteiger partial charge in [0.05, 0.1) is 14.2 Å². The highest BCUT2D eigenvalue weighted by molar-refractivity contribution is 5.97. The predicted molar refractivity (Wildman–Crippen MR) is 106 cm³/mol. The zero-order chi connectivity index (χ0) is 20.1. The minimum atomic E-state index is -0.349. The Morgan fingerprint density at radius 1 is 1.04 bits per heavy atom. The van der Waals surface area contributed by atoms with E-state index >= 15 is 0 Å². The molecule has 0 saturated heterocycles. The highest BCUT2D eigenvalue weighted by atomic mass is 16.5. The third-order valence-corrected chi connectivity index (χ3v) is 4.47. The lowest BCUT2D eigenvalue weighted by molar-refractivity contribution is 0.0946. The van der Waals surface area contributed by atoms with Gasteiger partial charge in [0.15, 0.2) is 11.5 Å². The Bertz CT molecular complexity index is 984. The van der Waals surface area contributed by atoms with Crippen LogP contribution in [0.3, 0.4) is 0 Å². The normalized spacial score (nSPS) is 10.4. The number of methoxy groups -OCH3 is 2. The number of nitrogens with one attached hydrogen (secondary N) is 3. The quantitative estimate of drug-likeness (QED) is 0.581. The SMILES string of the molecule is COc1ccc(CNC(=O)c2n[nH]nc2Nc2ccc(C)c(C)c2)c(OC)c1. The summed E-state index contributed by atoms with van der Waals surface area (Å²) >= 11 is 0. The lowest BCUT2D eigenvalue weighted by Crippen LogP contribution is -2.24. The lowest BCUT2D eigenvalue weighted by atomic mass is 10.1. The Hall–Kier alpha value is -3.55. The first-order valence-corrected chi connectivity index (χ1v) is 8.76. The molecule has 3 aromatic rings. The summed E-state index contributed by atoms with van der Waals surface area (Å²) in [5.41, 5.74) is 4.18. The van der Waals surface area contributed by atoms with E-state index in [1.807, 2.05) is 44.2 Å². The fourth-order valence-corrected chi connectivity index (χ4v) is 2.69. The Morgan fingerprint density at radius 2 is 1.86 bits per heavy atom. The maximum atomic E-state index is 12.6. The number of carbonyl (C=O) groups is 1. The van der Waals surface area contributed by atoms with Crippen molar-refractivity contribution >= 4 is 17.4 Å². The second kappa shape index (κ2) is 8.43. The Balaban J connectivity index is 1.70. The first kappa shape index (κ1) is 19.2. The van der Waals surface area contributed by atoms with E-state index < -0.39 is 0 Å². The Labute approximate surface area is 163 Å². The van der Waals surface area contributed by atoms with Gasteiger partial charge in [-0.1, -0.05) is 6.07 Å². The van der Waals surface area contributed by atoms with Crippen LogP contribution in [0.25, 0.3) is 0 Å². The van der Waals surface area contributed by atoms with Gasteiger partial charge in [-0.05, 0) is 49.2 Å². The van der Waals surface area contributed by atoms with Crippen LogP contribution in [0.1, 0.15) is 27.2 Å². The predicted octanol–water partition coefficient (Wildman–Crippen LogP) is 3.11. The summed E-state index contributed by atoms with van der Waals surface area (Å²) in [5, 5.41) is 16.5. The molecule has 1 amide bonds. The molecule has 0 fully saturated rings. The van der Waals surface area contributed by atoms with Crippen molar-refractivity contribution in [2.24, 2.45) is 0 Å². The van der Waals surface area contributed by atoms with E-state index in [0.717, 1.165) is 16.8 Å². The van der Waals surface area contributed by atoms with Gasteiger partial charge in [0.1, 0.15) is 11.5 Å². The Kier molecular flexibility index (Phi) is 5.78. The lowest BCUT2D eigenvalue weighted by Gasteiger charge is -2.11. The molecule has 1 aromatic heterocycles. The van der Waals surface area contributed by atoms with Crippen molar-refractivity contribution in [2.45, 2.75) is 20.4 Å². The van der Waals surface area contributed by atoms with Crippen LogP contribution in [0.4, 0.5) is 11.5 Å². The molecular formula is C20H23N5O3. The van der Waals surface area contributed by atoms with E-state index in [4.69, 9.17) is 9.47 Å². The molecular weight excluding hydrogens is 358 g/mol. The van der Waals surface area contributed by atoms with Crippen molar-refractivity contribution < 1.29 is 14.3 Å². The molecule has 146 valence electrons. The molecule has 0 radical (unpaired) electrons. The van der Waals surface area contributed by atoms with Crippen LogP contribution >= 0.6 is 0 Å². The van der Waals surface area contributed by atoms with Crippen LogP contribution in [-0.4, -0.2) is 35.5 Å². The van der Waals surface area contributed by atoms with Crippen LogP contribution in [0.5, 0.6) is 11.5 Å². The molecule has 8 heteroatoms. The number of H-pyrrole nitrogens is 1. The van der Waals surface area contributed by atoms with Crippen molar-refractivity contribution in [3.8, 4) is 11.5 Å². The number of benzene rings is 2. The maximum absolute atomic E-state index is 12.6. The number of anilines is 2. The van der Waals surface area contributed by atoms with E-state index in [0.29, 0.717) is 17.3 Å². The summed E-state index contributed by atoms with van der Waals surface area (Å²) in [7, 11) is 3.16. The van der Waals surface area contributed by atoms with Crippen molar-refractivity contribution in [3.63, 3.8) is 0 Å². The van der Waals surface area contributed by atoms with Gasteiger partial charge >= 0.3 is 0 Å². The van der Waals surface area contributed by atoms with Crippen LogP contribution in [-0.2, 0) is 6.54 Å². The molecule has 3 rings (SSSR count). The minimum Gasteiger partial charge on any atom is -0.497 e. The summed E-state index contributed by atoms with van der Waals surface area (Å²) in [6.07, 6.45) is 0. The van der Waals surface area contributed by atoms with E-state index in [9.17, 15) is 4.79 Å². The smallest absolute Gasteiger partial charge is 0.275 e. The number of hydrogen-bond acceptors (Lipinski definition) is 6. The number of carbonyl (C=O) groups excluding carboxylic acids is 1. The van der Waals surface area contributed by atoms with Crippen LogP contribution in [0, 0.1) is 13.8 Å². The summed E-state index contributed by atoms with van der Waals surface area (Å²) < 4.78 is 10.5. The molecule has 0 bridgehead atoms. The molecule has 0 unspecified atom stereocenters. The van der Waals surface area contributed by atoms with E-state index in [1.165, 1.54) is 5.56 Å². The van der Waals surface area contributed by atoms with Gasteiger partial charge in [-0.2, -0.15) is 5.21 Å². The first-order chi connectivity index (χ1) is 13.5. The topological polar surface area (TPSA) is 101 Å². The summed E-state index contributed by atoms with van der Waals surface area (Å²) in [6, 6.07) is 11.4. The van der Waals surface area contributed by atoms with Crippen molar-refractivity contribution in [2.75, 3.05) is 19.5 Å². The van der Waals surface area contributed by atoms with Crippen molar-refractivity contribution in [1.29, 1.82) is 0 Å². The average Bonchev–Trinajstić information content (AvgIpc) is 3.17. The summed E-state index contributed by atoms with van der Waals surface area (Å²) in [5.74, 6) is 1.33. The second-order valence-electron chi connectivity index (χ2n) is 6.31. The third-order valence-electron chi connectivity index (χ3n) is 4.47.